The van der Waals surface area contributed by atoms with Gasteiger partial charge >= 0.3 is 11.9 Å². The maximum atomic E-state index is 14.2. The third kappa shape index (κ3) is 9.44. The molecule has 8 rings (SSSR count). The van der Waals surface area contributed by atoms with Crippen molar-refractivity contribution in [2.75, 3.05) is 0 Å². The lowest BCUT2D eigenvalue weighted by Crippen LogP contribution is -2.59. The maximum Gasteiger partial charge on any atom is 0.323 e. The molecule has 0 aliphatic heterocycles. The molecule has 8 fully saturated rings. The van der Waals surface area contributed by atoms with Crippen LogP contribution in [0.15, 0.2) is 0 Å². The SMILES string of the molecule is CC[C@H](CC[C@@H](C)[C@H]1CC[C@H]2[C@H]3CCC4CCCC(OC(=O)CC(N)C(=O)OC5CCCC6CC[C@H]7[C@H](CC[C@]8(C)[C@@H]([C@H](C)CC[C@@H](CC)C(C)C)CC[C@@H]78)[C@]65C)[C@]4(C)[C@H]3CC[C@]12C)C(C)C. The molecule has 21 atom stereocenters. The molecule has 0 aromatic carbocycles. The van der Waals surface area contributed by atoms with Gasteiger partial charge in [0.1, 0.15) is 18.2 Å². The molecular formula is C62H107NO4. The average Bonchev–Trinajstić information content (AvgIpc) is 3.84. The van der Waals surface area contributed by atoms with Crippen LogP contribution in [0.5, 0.6) is 0 Å². The topological polar surface area (TPSA) is 78.6 Å². The number of hydrogen-bond donors (Lipinski definition) is 1. The van der Waals surface area contributed by atoms with E-state index in [-0.39, 0.29) is 41.4 Å². The summed E-state index contributed by atoms with van der Waals surface area (Å²) in [5.74, 6) is 11.3. The fourth-order valence-corrected chi connectivity index (χ4v) is 21.0. The first-order chi connectivity index (χ1) is 31.8. The van der Waals surface area contributed by atoms with Gasteiger partial charge in [0.25, 0.3) is 0 Å². The number of carbonyl (C=O) groups is 2. The Morgan fingerprint density at radius 2 is 0.955 bits per heavy atom. The van der Waals surface area contributed by atoms with Crippen LogP contribution in [-0.2, 0) is 19.1 Å². The van der Waals surface area contributed by atoms with Gasteiger partial charge in [-0.1, -0.05) is 109 Å². The highest BCUT2D eigenvalue weighted by atomic mass is 16.6. The van der Waals surface area contributed by atoms with E-state index < -0.39 is 6.04 Å². The van der Waals surface area contributed by atoms with Crippen molar-refractivity contribution in [1.82, 2.24) is 0 Å². The highest BCUT2D eigenvalue weighted by Gasteiger charge is 2.65. The number of rotatable bonds is 17. The van der Waals surface area contributed by atoms with Gasteiger partial charge in [-0.3, -0.25) is 9.59 Å². The van der Waals surface area contributed by atoms with Crippen LogP contribution < -0.4 is 5.73 Å². The molecule has 5 unspecified atom stereocenters. The molecule has 0 bridgehead atoms. The van der Waals surface area contributed by atoms with Crippen molar-refractivity contribution < 1.29 is 19.1 Å². The summed E-state index contributed by atoms with van der Waals surface area (Å²) in [4.78, 5) is 28.3. The Balaban J connectivity index is 0.883. The van der Waals surface area contributed by atoms with Crippen LogP contribution in [0.25, 0.3) is 0 Å². The van der Waals surface area contributed by atoms with Crippen LogP contribution in [0.2, 0.25) is 0 Å². The molecule has 2 N–H and O–H groups in total. The minimum atomic E-state index is -0.974. The van der Waals surface area contributed by atoms with Crippen molar-refractivity contribution in [3.8, 4) is 0 Å². The Morgan fingerprint density at radius 1 is 0.522 bits per heavy atom. The first-order valence-electron chi connectivity index (χ1n) is 30.0. The molecule has 8 aliphatic carbocycles. The van der Waals surface area contributed by atoms with Gasteiger partial charge in [0, 0.05) is 10.8 Å². The lowest BCUT2D eigenvalue weighted by atomic mass is 9.44. The molecular weight excluding hydrogens is 823 g/mol. The van der Waals surface area contributed by atoms with Gasteiger partial charge in [0.15, 0.2) is 0 Å². The zero-order valence-corrected chi connectivity index (χ0v) is 45.9. The molecule has 384 valence electrons. The maximum absolute atomic E-state index is 14.2. The second-order valence-corrected chi connectivity index (χ2v) is 28.0. The molecule has 0 aromatic heterocycles. The van der Waals surface area contributed by atoms with Crippen molar-refractivity contribution in [2.45, 2.75) is 262 Å². The third-order valence-electron chi connectivity index (χ3n) is 25.0. The van der Waals surface area contributed by atoms with Crippen LogP contribution in [-0.4, -0.2) is 30.2 Å². The molecule has 5 heteroatoms. The average molecular weight is 931 g/mol. The molecule has 0 amide bonds. The summed E-state index contributed by atoms with van der Waals surface area (Å²) in [5, 5.41) is 0. The second-order valence-electron chi connectivity index (χ2n) is 28.0. The van der Waals surface area contributed by atoms with E-state index in [2.05, 4.69) is 83.1 Å². The van der Waals surface area contributed by atoms with Crippen molar-refractivity contribution in [1.29, 1.82) is 0 Å². The number of nitrogens with two attached hydrogens (primary N) is 1. The van der Waals surface area contributed by atoms with E-state index in [0.717, 1.165) is 96.7 Å². The number of hydrogen-bond acceptors (Lipinski definition) is 5. The van der Waals surface area contributed by atoms with Crippen molar-refractivity contribution in [2.24, 2.45) is 122 Å². The van der Waals surface area contributed by atoms with Crippen LogP contribution in [0.4, 0.5) is 0 Å². The Labute approximate surface area is 413 Å². The largest absolute Gasteiger partial charge is 0.462 e. The summed E-state index contributed by atoms with van der Waals surface area (Å²) in [6.45, 7) is 30.1. The zero-order valence-electron chi connectivity index (χ0n) is 45.9. The molecule has 0 spiro atoms. The molecule has 0 radical (unpaired) electrons. The Kier molecular flexibility index (Phi) is 16.2. The first kappa shape index (κ1) is 52.2. The van der Waals surface area contributed by atoms with E-state index >= 15 is 0 Å². The van der Waals surface area contributed by atoms with E-state index in [1.807, 2.05) is 0 Å². The van der Waals surface area contributed by atoms with Gasteiger partial charge in [0.05, 0.1) is 6.42 Å². The highest BCUT2D eigenvalue weighted by Crippen LogP contribution is 2.71. The summed E-state index contributed by atoms with van der Waals surface area (Å²) >= 11 is 0. The van der Waals surface area contributed by atoms with Gasteiger partial charge in [-0.2, -0.15) is 0 Å². The molecule has 8 aliphatic rings. The molecule has 5 nitrogen and oxygen atoms in total. The highest BCUT2D eigenvalue weighted by molar-refractivity contribution is 5.82. The van der Waals surface area contributed by atoms with E-state index in [0.29, 0.717) is 34.5 Å². The van der Waals surface area contributed by atoms with Gasteiger partial charge in [-0.05, 0) is 234 Å². The van der Waals surface area contributed by atoms with Crippen LogP contribution >= 0.6 is 0 Å². The number of esters is 2. The first-order valence-corrected chi connectivity index (χ1v) is 30.0. The van der Waals surface area contributed by atoms with Gasteiger partial charge in [0.2, 0.25) is 0 Å². The lowest BCUT2D eigenvalue weighted by molar-refractivity contribution is -0.197. The molecule has 0 aromatic rings. The minimum absolute atomic E-state index is 0.000623. The van der Waals surface area contributed by atoms with E-state index in [4.69, 9.17) is 15.2 Å². The lowest BCUT2D eigenvalue weighted by Gasteiger charge is -2.62. The Hall–Kier alpha value is -1.10. The fraction of sp³-hybridized carbons (Fsp3) is 0.968. The van der Waals surface area contributed by atoms with Crippen molar-refractivity contribution >= 4 is 11.9 Å². The summed E-state index contributed by atoms with van der Waals surface area (Å²) in [5.41, 5.74) is 7.60. The van der Waals surface area contributed by atoms with E-state index in [1.54, 1.807) is 0 Å². The summed E-state index contributed by atoms with van der Waals surface area (Å²) < 4.78 is 13.3. The molecule has 67 heavy (non-hydrogen) atoms. The Morgan fingerprint density at radius 3 is 1.37 bits per heavy atom. The second kappa shape index (κ2) is 20.8. The van der Waals surface area contributed by atoms with Crippen molar-refractivity contribution in [3.63, 3.8) is 0 Å². The normalized spacial score (nSPS) is 44.8. The summed E-state index contributed by atoms with van der Waals surface area (Å²) in [6, 6.07) is -0.974. The fourth-order valence-electron chi connectivity index (χ4n) is 21.0. The zero-order chi connectivity index (χ0) is 48.2. The quantitative estimate of drug-likeness (QED) is 0.147. The number of ether oxygens (including phenoxy) is 2. The number of carbonyl (C=O) groups excluding carboxylic acids is 2. The summed E-state index contributed by atoms with van der Waals surface area (Å²) in [6.07, 6.45) is 30.5. The third-order valence-corrected chi connectivity index (χ3v) is 25.0. The minimum Gasteiger partial charge on any atom is -0.462 e. The van der Waals surface area contributed by atoms with Crippen molar-refractivity contribution in [3.05, 3.63) is 0 Å². The molecule has 8 saturated carbocycles. The predicted octanol–water partition coefficient (Wildman–Crippen LogP) is 16.0. The smallest absolute Gasteiger partial charge is 0.323 e. The van der Waals surface area contributed by atoms with E-state index in [9.17, 15) is 9.59 Å². The molecule has 0 saturated heterocycles. The van der Waals surface area contributed by atoms with Crippen LogP contribution in [0, 0.1) is 116 Å². The number of fused-ring (bicyclic) bond motifs is 10. The van der Waals surface area contributed by atoms with Crippen LogP contribution in [0.3, 0.4) is 0 Å². The van der Waals surface area contributed by atoms with Gasteiger partial charge < -0.3 is 15.2 Å². The standard InChI is InChI=1S/C62H107NO4/c1-13-42(38(3)4)23-21-40(7)48-29-31-50-46-27-25-44-17-15-19-55(61(44,11)52(46)33-35-59(48,50)9)66-57(64)37-54(63)58(65)67-56-20-16-18-45-26-28-47-51-32-30-49(41(8)22-24-43(14-2)39(5)6)60(51,10)36-34-53(47)62(45,56)12/h38-56H,13-37,63H2,1-12H3/t40-,41-,42-,43-,44?,45?,46-,47-,48-,49-,50+,51+,52+,53+,54?,55?,56?,59-,60-,61+,62+/m1/s1. The Bertz CT molecular complexity index is 1670. The van der Waals surface area contributed by atoms with Gasteiger partial charge in [-0.15, -0.1) is 0 Å². The predicted molar refractivity (Wildman–Crippen MR) is 277 cm³/mol. The molecule has 0 heterocycles. The van der Waals surface area contributed by atoms with Crippen LogP contribution in [0.1, 0.15) is 244 Å². The monoisotopic (exact) mass is 930 g/mol. The summed E-state index contributed by atoms with van der Waals surface area (Å²) in [7, 11) is 0. The van der Waals surface area contributed by atoms with E-state index in [1.165, 1.54) is 128 Å². The van der Waals surface area contributed by atoms with Gasteiger partial charge in [-0.25, -0.2) is 0 Å².